The van der Waals surface area contributed by atoms with Crippen LogP contribution in [0.2, 0.25) is 0 Å². The Morgan fingerprint density at radius 1 is 1.26 bits per heavy atom. The number of carbonyl (C=O) groups is 2. The summed E-state index contributed by atoms with van der Waals surface area (Å²) in [5.74, 6) is -0.620. The lowest BCUT2D eigenvalue weighted by atomic mass is 9.95. The lowest BCUT2D eigenvalue weighted by Crippen LogP contribution is -2.42. The second-order valence-electron chi connectivity index (χ2n) is 5.84. The van der Waals surface area contributed by atoms with E-state index in [0.29, 0.717) is 11.1 Å². The van der Waals surface area contributed by atoms with Crippen molar-refractivity contribution in [2.45, 2.75) is 45.1 Å². The molecule has 0 spiro atoms. The van der Waals surface area contributed by atoms with Gasteiger partial charge in [-0.25, -0.2) is 0 Å². The van der Waals surface area contributed by atoms with Crippen LogP contribution in [0.15, 0.2) is 18.2 Å². The van der Waals surface area contributed by atoms with Crippen molar-refractivity contribution in [1.29, 1.82) is 0 Å². The first kappa shape index (κ1) is 16.9. The van der Waals surface area contributed by atoms with E-state index in [2.05, 4.69) is 10.6 Å². The zero-order chi connectivity index (χ0) is 16.8. The van der Waals surface area contributed by atoms with E-state index in [9.17, 15) is 19.7 Å². The molecule has 124 valence electrons. The van der Waals surface area contributed by atoms with Gasteiger partial charge in [-0.2, -0.15) is 0 Å². The summed E-state index contributed by atoms with van der Waals surface area (Å²) in [4.78, 5) is 34.1. The molecule has 0 radical (unpaired) electrons. The van der Waals surface area contributed by atoms with E-state index in [-0.39, 0.29) is 24.2 Å². The second kappa shape index (κ2) is 7.71. The summed E-state index contributed by atoms with van der Waals surface area (Å²) < 4.78 is 0. The molecule has 0 aliphatic heterocycles. The molecule has 0 heterocycles. The minimum absolute atomic E-state index is 0.0309. The van der Waals surface area contributed by atoms with Crippen LogP contribution in [0.3, 0.4) is 0 Å². The van der Waals surface area contributed by atoms with Gasteiger partial charge in [-0.1, -0.05) is 19.3 Å². The van der Waals surface area contributed by atoms with Crippen molar-refractivity contribution in [3.05, 3.63) is 39.4 Å². The summed E-state index contributed by atoms with van der Waals surface area (Å²) in [5, 5.41) is 16.2. The van der Waals surface area contributed by atoms with Gasteiger partial charge in [0.05, 0.1) is 11.5 Å². The number of nitro groups is 1. The Balaban J connectivity index is 1.85. The van der Waals surface area contributed by atoms with E-state index in [1.807, 2.05) is 0 Å². The van der Waals surface area contributed by atoms with Crippen LogP contribution in [-0.2, 0) is 4.79 Å². The highest BCUT2D eigenvalue weighted by Gasteiger charge is 2.17. The SMILES string of the molecule is Cc1cc(C(=O)NCC(=O)NC2CCCCC2)ccc1[N+](=O)[O-]. The normalized spacial score (nSPS) is 15.0. The number of amides is 2. The number of benzene rings is 1. The first-order valence-electron chi connectivity index (χ1n) is 7.80. The molecule has 7 heteroatoms. The predicted molar refractivity (Wildman–Crippen MR) is 85.2 cm³/mol. The predicted octanol–water partition coefficient (Wildman–Crippen LogP) is 2.08. The van der Waals surface area contributed by atoms with Gasteiger partial charge in [0, 0.05) is 23.2 Å². The van der Waals surface area contributed by atoms with Crippen molar-refractivity contribution in [3.8, 4) is 0 Å². The van der Waals surface area contributed by atoms with Crippen molar-refractivity contribution in [2.75, 3.05) is 6.54 Å². The van der Waals surface area contributed by atoms with Crippen LogP contribution in [-0.4, -0.2) is 29.3 Å². The molecular formula is C16H21N3O4. The Kier molecular flexibility index (Phi) is 5.67. The Hall–Kier alpha value is -2.44. The molecule has 1 aromatic carbocycles. The quantitative estimate of drug-likeness (QED) is 0.641. The maximum Gasteiger partial charge on any atom is 0.272 e. The topological polar surface area (TPSA) is 101 Å². The van der Waals surface area contributed by atoms with Gasteiger partial charge < -0.3 is 10.6 Å². The van der Waals surface area contributed by atoms with Gasteiger partial charge in [0.1, 0.15) is 0 Å². The molecule has 0 saturated heterocycles. The van der Waals surface area contributed by atoms with Crippen LogP contribution in [0, 0.1) is 17.0 Å². The van der Waals surface area contributed by atoms with E-state index in [1.165, 1.54) is 24.6 Å². The summed E-state index contributed by atoms with van der Waals surface area (Å²) in [6.07, 6.45) is 5.43. The number of rotatable bonds is 5. The van der Waals surface area contributed by atoms with Crippen molar-refractivity contribution >= 4 is 17.5 Å². The summed E-state index contributed by atoms with van der Waals surface area (Å²) in [7, 11) is 0. The van der Waals surface area contributed by atoms with Crippen molar-refractivity contribution in [2.24, 2.45) is 0 Å². The third-order valence-electron chi connectivity index (χ3n) is 4.04. The number of nitrogens with one attached hydrogen (secondary N) is 2. The minimum atomic E-state index is -0.491. The van der Waals surface area contributed by atoms with Crippen molar-refractivity contribution < 1.29 is 14.5 Å². The molecule has 7 nitrogen and oxygen atoms in total. The average molecular weight is 319 g/mol. The molecule has 23 heavy (non-hydrogen) atoms. The lowest BCUT2D eigenvalue weighted by Gasteiger charge is -2.22. The molecule has 0 aromatic heterocycles. The largest absolute Gasteiger partial charge is 0.352 e. The van der Waals surface area contributed by atoms with E-state index in [1.54, 1.807) is 6.92 Å². The highest BCUT2D eigenvalue weighted by Crippen LogP contribution is 2.19. The van der Waals surface area contributed by atoms with Crippen LogP contribution in [0.4, 0.5) is 5.69 Å². The molecule has 1 aliphatic rings. The first-order chi connectivity index (χ1) is 11.0. The molecule has 1 aliphatic carbocycles. The molecule has 1 fully saturated rings. The van der Waals surface area contributed by atoms with E-state index < -0.39 is 10.8 Å². The molecule has 2 rings (SSSR count). The van der Waals surface area contributed by atoms with Crippen LogP contribution < -0.4 is 10.6 Å². The smallest absolute Gasteiger partial charge is 0.272 e. The molecular weight excluding hydrogens is 298 g/mol. The third kappa shape index (κ3) is 4.77. The Morgan fingerprint density at radius 3 is 2.57 bits per heavy atom. The van der Waals surface area contributed by atoms with Crippen LogP contribution in [0.1, 0.15) is 48.0 Å². The molecule has 2 amide bonds. The van der Waals surface area contributed by atoms with Gasteiger partial charge >= 0.3 is 0 Å². The number of nitro benzene ring substituents is 1. The summed E-state index contributed by atoms with van der Waals surface area (Å²) >= 11 is 0. The third-order valence-corrected chi connectivity index (χ3v) is 4.04. The van der Waals surface area contributed by atoms with Gasteiger partial charge in [0.15, 0.2) is 0 Å². The van der Waals surface area contributed by atoms with Gasteiger partial charge in [0.25, 0.3) is 11.6 Å². The van der Waals surface area contributed by atoms with Crippen LogP contribution >= 0.6 is 0 Å². The van der Waals surface area contributed by atoms with Gasteiger partial charge in [-0.05, 0) is 31.9 Å². The van der Waals surface area contributed by atoms with E-state index in [4.69, 9.17) is 0 Å². The zero-order valence-corrected chi connectivity index (χ0v) is 13.1. The fourth-order valence-corrected chi connectivity index (χ4v) is 2.79. The second-order valence-corrected chi connectivity index (χ2v) is 5.84. The zero-order valence-electron chi connectivity index (χ0n) is 13.1. The summed E-state index contributed by atoms with van der Waals surface area (Å²) in [6, 6.07) is 4.34. The van der Waals surface area contributed by atoms with Crippen LogP contribution in [0.5, 0.6) is 0 Å². The Labute approximate surface area is 134 Å². The highest BCUT2D eigenvalue weighted by atomic mass is 16.6. The maximum atomic E-state index is 12.0. The summed E-state index contributed by atoms with van der Waals surface area (Å²) in [6.45, 7) is 1.48. The van der Waals surface area contributed by atoms with Gasteiger partial charge in [-0.15, -0.1) is 0 Å². The Bertz CT molecular complexity index is 609. The molecule has 0 atom stereocenters. The molecule has 0 bridgehead atoms. The molecule has 1 saturated carbocycles. The van der Waals surface area contributed by atoms with Gasteiger partial charge in [-0.3, -0.25) is 19.7 Å². The standard InChI is InChI=1S/C16H21N3O4/c1-11-9-12(7-8-14(11)19(22)23)16(21)17-10-15(20)18-13-5-3-2-4-6-13/h7-9,13H,2-6,10H2,1H3,(H,17,21)(H,18,20). The first-order valence-corrected chi connectivity index (χ1v) is 7.80. The maximum absolute atomic E-state index is 12.0. The number of hydrogen-bond acceptors (Lipinski definition) is 4. The summed E-state index contributed by atoms with van der Waals surface area (Å²) in [5.41, 5.74) is 0.685. The average Bonchev–Trinajstić information content (AvgIpc) is 2.53. The molecule has 1 aromatic rings. The van der Waals surface area contributed by atoms with Crippen LogP contribution in [0.25, 0.3) is 0 Å². The van der Waals surface area contributed by atoms with Crippen molar-refractivity contribution in [3.63, 3.8) is 0 Å². The fourth-order valence-electron chi connectivity index (χ4n) is 2.79. The lowest BCUT2D eigenvalue weighted by molar-refractivity contribution is -0.385. The Morgan fingerprint density at radius 2 is 1.96 bits per heavy atom. The fraction of sp³-hybridized carbons (Fsp3) is 0.500. The number of aryl methyl sites for hydroxylation is 1. The van der Waals surface area contributed by atoms with Crippen molar-refractivity contribution in [1.82, 2.24) is 10.6 Å². The minimum Gasteiger partial charge on any atom is -0.352 e. The van der Waals surface area contributed by atoms with Gasteiger partial charge in [0.2, 0.25) is 5.91 Å². The molecule has 2 N–H and O–H groups in total. The van der Waals surface area contributed by atoms with E-state index in [0.717, 1.165) is 25.7 Å². The monoisotopic (exact) mass is 319 g/mol. The highest BCUT2D eigenvalue weighted by molar-refractivity contribution is 5.96. The number of nitrogens with zero attached hydrogens (tertiary/aromatic N) is 1. The van der Waals surface area contributed by atoms with E-state index >= 15 is 0 Å². The number of carbonyl (C=O) groups excluding carboxylic acids is 2. The number of hydrogen-bond donors (Lipinski definition) is 2. The molecule has 0 unspecified atom stereocenters.